The fourth-order valence-corrected chi connectivity index (χ4v) is 2.41. The van der Waals surface area contributed by atoms with Crippen molar-refractivity contribution in [1.82, 2.24) is 3.11 Å². The van der Waals surface area contributed by atoms with Crippen LogP contribution < -0.4 is 5.73 Å². The lowest BCUT2D eigenvalue weighted by Gasteiger charge is -2.24. The number of hydrogen-bond acceptors (Lipinski definition) is 2. The second-order valence-electron chi connectivity index (χ2n) is 3.40. The predicted octanol–water partition coefficient (Wildman–Crippen LogP) is 1.49. The van der Waals surface area contributed by atoms with Gasteiger partial charge in [-0.2, -0.15) is 0 Å². The Bertz CT molecular complexity index is 378. The van der Waals surface area contributed by atoms with Gasteiger partial charge in [0.2, 0.25) is 5.91 Å². The van der Waals surface area contributed by atoms with Crippen LogP contribution in [0.3, 0.4) is 0 Å². The molecule has 14 heavy (non-hydrogen) atoms. The molecule has 74 valence electrons. The standard InChI is InChI=1S/C10H11IN2O/c11-13-5-4-8-7(6-13)2-1-3-9(8)10(12)14/h1-3H,4-6H2,(H2,12,14). The zero-order valence-corrected chi connectivity index (χ0v) is 9.82. The van der Waals surface area contributed by atoms with E-state index in [9.17, 15) is 4.79 Å². The molecule has 1 aliphatic rings. The third-order valence-electron chi connectivity index (χ3n) is 2.48. The molecule has 3 nitrogen and oxygen atoms in total. The Morgan fingerprint density at radius 2 is 2.29 bits per heavy atom. The molecule has 0 saturated heterocycles. The smallest absolute Gasteiger partial charge is 0.248 e. The highest BCUT2D eigenvalue weighted by Crippen LogP contribution is 2.23. The number of fused-ring (bicyclic) bond motifs is 1. The normalized spacial score (nSPS) is 16.4. The van der Waals surface area contributed by atoms with Gasteiger partial charge in [-0.3, -0.25) is 4.79 Å². The van der Waals surface area contributed by atoms with Gasteiger partial charge in [0.05, 0.1) is 0 Å². The summed E-state index contributed by atoms with van der Waals surface area (Å²) in [5, 5.41) is 0. The number of carbonyl (C=O) groups is 1. The van der Waals surface area contributed by atoms with Gasteiger partial charge in [-0.15, -0.1) is 0 Å². The van der Waals surface area contributed by atoms with Crippen LogP contribution in [-0.2, 0) is 13.0 Å². The van der Waals surface area contributed by atoms with Gasteiger partial charge >= 0.3 is 0 Å². The molecule has 4 heteroatoms. The second-order valence-corrected chi connectivity index (χ2v) is 4.77. The van der Waals surface area contributed by atoms with Gasteiger partial charge in [0.1, 0.15) is 0 Å². The zero-order chi connectivity index (χ0) is 10.1. The summed E-state index contributed by atoms with van der Waals surface area (Å²) < 4.78 is 2.21. The lowest BCUT2D eigenvalue weighted by Crippen LogP contribution is -2.25. The number of halogens is 1. The molecule has 1 amide bonds. The van der Waals surface area contributed by atoms with E-state index >= 15 is 0 Å². The lowest BCUT2D eigenvalue weighted by molar-refractivity contribution is 0.0999. The Labute approximate surface area is 96.8 Å². The third-order valence-corrected chi connectivity index (χ3v) is 3.31. The van der Waals surface area contributed by atoms with Gasteiger partial charge < -0.3 is 5.73 Å². The molecule has 0 spiro atoms. The van der Waals surface area contributed by atoms with Crippen molar-refractivity contribution in [2.24, 2.45) is 5.73 Å². The van der Waals surface area contributed by atoms with E-state index in [0.717, 1.165) is 25.1 Å². The fraction of sp³-hybridized carbons (Fsp3) is 0.300. The van der Waals surface area contributed by atoms with E-state index in [4.69, 9.17) is 5.73 Å². The highest BCUT2D eigenvalue weighted by atomic mass is 127. The van der Waals surface area contributed by atoms with Crippen molar-refractivity contribution in [2.75, 3.05) is 6.54 Å². The van der Waals surface area contributed by atoms with E-state index in [1.54, 1.807) is 0 Å². The van der Waals surface area contributed by atoms with E-state index in [2.05, 4.69) is 32.0 Å². The number of nitrogens with two attached hydrogens (primary N) is 1. The zero-order valence-electron chi connectivity index (χ0n) is 7.66. The predicted molar refractivity (Wildman–Crippen MR) is 63.1 cm³/mol. The van der Waals surface area contributed by atoms with Crippen LogP contribution in [-0.4, -0.2) is 15.6 Å². The Hall–Kier alpha value is -0.620. The van der Waals surface area contributed by atoms with Crippen molar-refractivity contribution in [1.29, 1.82) is 0 Å². The number of primary amides is 1. The van der Waals surface area contributed by atoms with Crippen LogP contribution in [0.5, 0.6) is 0 Å². The summed E-state index contributed by atoms with van der Waals surface area (Å²) in [6.07, 6.45) is 0.914. The van der Waals surface area contributed by atoms with E-state index < -0.39 is 0 Å². The number of benzene rings is 1. The summed E-state index contributed by atoms with van der Waals surface area (Å²) in [6, 6.07) is 5.77. The van der Waals surface area contributed by atoms with Crippen molar-refractivity contribution in [2.45, 2.75) is 13.0 Å². The summed E-state index contributed by atoms with van der Waals surface area (Å²) in [5.41, 5.74) is 8.36. The molecule has 0 aliphatic carbocycles. The second kappa shape index (κ2) is 3.86. The number of hydrogen-bond donors (Lipinski definition) is 1. The van der Waals surface area contributed by atoms with Crippen molar-refractivity contribution in [3.8, 4) is 0 Å². The van der Waals surface area contributed by atoms with Crippen molar-refractivity contribution in [3.05, 3.63) is 34.9 Å². The molecule has 2 N–H and O–H groups in total. The Morgan fingerprint density at radius 1 is 1.50 bits per heavy atom. The monoisotopic (exact) mass is 302 g/mol. The first-order valence-corrected chi connectivity index (χ1v) is 5.46. The summed E-state index contributed by atoms with van der Waals surface area (Å²) in [5.74, 6) is -0.316. The van der Waals surface area contributed by atoms with Gasteiger partial charge in [-0.25, -0.2) is 3.11 Å². The van der Waals surface area contributed by atoms with Crippen LogP contribution in [0.1, 0.15) is 21.5 Å². The maximum absolute atomic E-state index is 11.2. The SMILES string of the molecule is NC(=O)c1cccc2c1CCN(I)C2. The summed E-state index contributed by atoms with van der Waals surface area (Å²) in [6.45, 7) is 1.88. The molecule has 1 aromatic rings. The number of nitrogens with zero attached hydrogens (tertiary/aromatic N) is 1. The van der Waals surface area contributed by atoms with Crippen molar-refractivity contribution < 1.29 is 4.79 Å². The molecule has 0 radical (unpaired) electrons. The van der Waals surface area contributed by atoms with Gasteiger partial charge in [0.15, 0.2) is 0 Å². The molecule has 0 bridgehead atoms. The maximum Gasteiger partial charge on any atom is 0.248 e. The topological polar surface area (TPSA) is 46.3 Å². The van der Waals surface area contributed by atoms with Gasteiger partial charge in [0.25, 0.3) is 0 Å². The van der Waals surface area contributed by atoms with Crippen LogP contribution >= 0.6 is 22.9 Å². The Kier molecular flexibility index (Phi) is 2.73. The van der Waals surface area contributed by atoms with Gasteiger partial charge in [0, 0.05) is 41.5 Å². The first-order valence-electron chi connectivity index (χ1n) is 4.50. The van der Waals surface area contributed by atoms with Crippen LogP contribution in [0.25, 0.3) is 0 Å². The summed E-state index contributed by atoms with van der Waals surface area (Å²) >= 11 is 2.30. The lowest BCUT2D eigenvalue weighted by atomic mass is 9.95. The number of amides is 1. The maximum atomic E-state index is 11.2. The van der Waals surface area contributed by atoms with Crippen LogP contribution in [0.4, 0.5) is 0 Å². The molecule has 0 unspecified atom stereocenters. The molecule has 1 aromatic carbocycles. The summed E-state index contributed by atoms with van der Waals surface area (Å²) in [7, 11) is 0. The Balaban J connectivity index is 2.46. The average Bonchev–Trinajstić information content (AvgIpc) is 2.16. The minimum Gasteiger partial charge on any atom is -0.366 e. The summed E-state index contributed by atoms with van der Waals surface area (Å²) in [4.78, 5) is 11.2. The first-order chi connectivity index (χ1) is 6.68. The molecule has 1 heterocycles. The quantitative estimate of drug-likeness (QED) is 0.631. The molecular formula is C10H11IN2O. The fourth-order valence-electron chi connectivity index (χ4n) is 1.81. The van der Waals surface area contributed by atoms with Crippen LogP contribution in [0, 0.1) is 0 Å². The highest BCUT2D eigenvalue weighted by molar-refractivity contribution is 14.1. The molecule has 0 saturated carbocycles. The van der Waals surface area contributed by atoms with E-state index in [1.165, 1.54) is 5.56 Å². The van der Waals surface area contributed by atoms with E-state index in [0.29, 0.717) is 5.56 Å². The van der Waals surface area contributed by atoms with Gasteiger partial charge in [-0.05, 0) is 23.6 Å². The van der Waals surface area contributed by atoms with E-state index in [1.807, 2.05) is 12.1 Å². The molecule has 1 aliphatic heterocycles. The third kappa shape index (κ3) is 1.76. The van der Waals surface area contributed by atoms with Crippen LogP contribution in [0.15, 0.2) is 18.2 Å². The largest absolute Gasteiger partial charge is 0.366 e. The molecular weight excluding hydrogens is 291 g/mol. The average molecular weight is 302 g/mol. The first kappa shape index (κ1) is 9.92. The van der Waals surface area contributed by atoms with Crippen molar-refractivity contribution in [3.63, 3.8) is 0 Å². The van der Waals surface area contributed by atoms with Gasteiger partial charge in [-0.1, -0.05) is 12.1 Å². The minimum absolute atomic E-state index is 0.316. The van der Waals surface area contributed by atoms with Crippen molar-refractivity contribution >= 4 is 28.8 Å². The minimum atomic E-state index is -0.316. The molecule has 0 aromatic heterocycles. The Morgan fingerprint density at radius 3 is 3.00 bits per heavy atom. The highest BCUT2D eigenvalue weighted by Gasteiger charge is 2.18. The van der Waals surface area contributed by atoms with Crippen LogP contribution in [0.2, 0.25) is 0 Å². The number of rotatable bonds is 1. The molecule has 2 rings (SSSR count). The van der Waals surface area contributed by atoms with E-state index in [-0.39, 0.29) is 5.91 Å². The molecule has 0 atom stereocenters. The number of carbonyl (C=O) groups excluding carboxylic acids is 1. The molecule has 0 fully saturated rings.